The van der Waals surface area contributed by atoms with Crippen molar-refractivity contribution in [3.8, 4) is 5.69 Å². The molecule has 0 atom stereocenters. The molecule has 26 heavy (non-hydrogen) atoms. The number of fused-ring (bicyclic) bond motifs is 1. The number of para-hydroxylation sites is 1. The largest absolute Gasteiger partial charge is 0.361 e. The number of nitrogens with one attached hydrogen (secondary N) is 1. The Hall–Kier alpha value is -3.34. The molecular weight excluding hydrogens is 324 g/mol. The van der Waals surface area contributed by atoms with Gasteiger partial charge in [-0.2, -0.15) is 5.10 Å². The number of benzene rings is 2. The van der Waals surface area contributed by atoms with Crippen LogP contribution in [0.15, 0.2) is 73.2 Å². The second kappa shape index (κ2) is 6.88. The first kappa shape index (κ1) is 16.1. The average molecular weight is 344 g/mol. The van der Waals surface area contributed by atoms with Gasteiger partial charge in [-0.15, -0.1) is 0 Å². The van der Waals surface area contributed by atoms with Crippen LogP contribution < -0.4 is 0 Å². The molecule has 0 aliphatic rings. The van der Waals surface area contributed by atoms with E-state index < -0.39 is 0 Å². The predicted molar refractivity (Wildman–Crippen MR) is 102 cm³/mol. The van der Waals surface area contributed by atoms with Crippen LogP contribution in [0.5, 0.6) is 0 Å². The van der Waals surface area contributed by atoms with E-state index in [1.54, 1.807) is 11.1 Å². The minimum absolute atomic E-state index is 0.0965. The van der Waals surface area contributed by atoms with Crippen LogP contribution in [0, 0.1) is 0 Å². The number of H-pyrrole nitrogens is 1. The van der Waals surface area contributed by atoms with Gasteiger partial charge >= 0.3 is 0 Å². The van der Waals surface area contributed by atoms with E-state index in [1.165, 1.54) is 0 Å². The van der Waals surface area contributed by atoms with Gasteiger partial charge in [0.2, 0.25) is 5.91 Å². The van der Waals surface area contributed by atoms with Gasteiger partial charge in [0, 0.05) is 43.1 Å². The molecule has 0 spiro atoms. The van der Waals surface area contributed by atoms with Gasteiger partial charge in [0.05, 0.1) is 12.1 Å². The molecule has 5 heteroatoms. The van der Waals surface area contributed by atoms with Gasteiger partial charge in [-0.3, -0.25) is 4.79 Å². The van der Waals surface area contributed by atoms with Crippen molar-refractivity contribution in [2.75, 3.05) is 7.05 Å². The Morgan fingerprint density at radius 3 is 2.88 bits per heavy atom. The van der Waals surface area contributed by atoms with Crippen molar-refractivity contribution in [2.45, 2.75) is 13.0 Å². The van der Waals surface area contributed by atoms with E-state index in [0.717, 1.165) is 27.7 Å². The van der Waals surface area contributed by atoms with Crippen LogP contribution in [-0.4, -0.2) is 32.6 Å². The Morgan fingerprint density at radius 2 is 2.04 bits per heavy atom. The lowest BCUT2D eigenvalue weighted by Gasteiger charge is -2.17. The smallest absolute Gasteiger partial charge is 0.227 e. The van der Waals surface area contributed by atoms with Crippen LogP contribution in [0.1, 0.15) is 11.1 Å². The quantitative estimate of drug-likeness (QED) is 0.602. The SMILES string of the molecule is CN(Cc1cccc(-n2cccn2)c1)C(=O)Cc1c[nH]c2ccccc12. The van der Waals surface area contributed by atoms with E-state index in [9.17, 15) is 4.79 Å². The van der Waals surface area contributed by atoms with Crippen LogP contribution in [0.3, 0.4) is 0 Å². The Balaban J connectivity index is 1.47. The lowest BCUT2D eigenvalue weighted by Crippen LogP contribution is -2.27. The Kier molecular flexibility index (Phi) is 4.27. The molecule has 1 N–H and O–H groups in total. The van der Waals surface area contributed by atoms with Gasteiger partial charge in [-0.1, -0.05) is 30.3 Å². The molecule has 0 fully saturated rings. The number of hydrogen-bond donors (Lipinski definition) is 1. The van der Waals surface area contributed by atoms with Crippen LogP contribution in [-0.2, 0) is 17.8 Å². The highest BCUT2D eigenvalue weighted by Gasteiger charge is 2.13. The third kappa shape index (κ3) is 3.24. The highest BCUT2D eigenvalue weighted by atomic mass is 16.2. The van der Waals surface area contributed by atoms with Crippen LogP contribution in [0.4, 0.5) is 0 Å². The molecule has 5 nitrogen and oxygen atoms in total. The zero-order valence-corrected chi connectivity index (χ0v) is 14.6. The van der Waals surface area contributed by atoms with Crippen molar-refractivity contribution in [3.63, 3.8) is 0 Å². The van der Waals surface area contributed by atoms with Crippen molar-refractivity contribution < 1.29 is 4.79 Å². The Morgan fingerprint density at radius 1 is 1.15 bits per heavy atom. The summed E-state index contributed by atoms with van der Waals surface area (Å²) in [6, 6.07) is 18.0. The number of likely N-dealkylation sites (N-methyl/N-ethyl adjacent to an activating group) is 1. The normalized spacial score (nSPS) is 11.0. The number of aromatic nitrogens is 3. The summed E-state index contributed by atoms with van der Waals surface area (Å²) in [7, 11) is 1.85. The highest BCUT2D eigenvalue weighted by Crippen LogP contribution is 2.19. The maximum Gasteiger partial charge on any atom is 0.227 e. The summed E-state index contributed by atoms with van der Waals surface area (Å²) in [6.45, 7) is 0.566. The fourth-order valence-electron chi connectivity index (χ4n) is 3.16. The minimum atomic E-state index is 0.0965. The van der Waals surface area contributed by atoms with Crippen molar-refractivity contribution in [2.24, 2.45) is 0 Å². The van der Waals surface area contributed by atoms with E-state index in [4.69, 9.17) is 0 Å². The first-order valence-electron chi connectivity index (χ1n) is 8.58. The standard InChI is InChI=1S/C21H20N4O/c1-24(15-16-6-4-7-18(12-16)25-11-5-10-23-25)21(26)13-17-14-22-20-9-3-2-8-19(17)20/h2-12,14,22H,13,15H2,1H3. The van der Waals surface area contributed by atoms with E-state index in [1.807, 2.05) is 72.7 Å². The summed E-state index contributed by atoms with van der Waals surface area (Å²) in [4.78, 5) is 17.7. The number of rotatable bonds is 5. The molecule has 130 valence electrons. The summed E-state index contributed by atoms with van der Waals surface area (Å²) in [5, 5.41) is 5.36. The lowest BCUT2D eigenvalue weighted by atomic mass is 10.1. The lowest BCUT2D eigenvalue weighted by molar-refractivity contribution is -0.129. The number of hydrogen-bond acceptors (Lipinski definition) is 2. The van der Waals surface area contributed by atoms with E-state index in [0.29, 0.717) is 13.0 Å². The van der Waals surface area contributed by atoms with Crippen LogP contribution in [0.25, 0.3) is 16.6 Å². The fourth-order valence-corrected chi connectivity index (χ4v) is 3.16. The van der Waals surface area contributed by atoms with Gasteiger partial charge in [-0.05, 0) is 35.4 Å². The maximum atomic E-state index is 12.7. The fraction of sp³-hybridized carbons (Fsp3) is 0.143. The summed E-state index contributed by atoms with van der Waals surface area (Å²) in [6.07, 6.45) is 5.97. The second-order valence-corrected chi connectivity index (χ2v) is 6.41. The monoisotopic (exact) mass is 344 g/mol. The number of carbonyl (C=O) groups is 1. The summed E-state index contributed by atoms with van der Waals surface area (Å²) >= 11 is 0. The molecule has 0 aliphatic heterocycles. The molecule has 2 aromatic heterocycles. The molecule has 0 unspecified atom stereocenters. The van der Waals surface area contributed by atoms with Crippen molar-refractivity contribution >= 4 is 16.8 Å². The van der Waals surface area contributed by atoms with Crippen LogP contribution in [0.2, 0.25) is 0 Å². The third-order valence-electron chi connectivity index (χ3n) is 4.54. The number of carbonyl (C=O) groups excluding carboxylic acids is 1. The number of nitrogens with zero attached hydrogens (tertiary/aromatic N) is 3. The summed E-state index contributed by atoms with van der Waals surface area (Å²) in [5.74, 6) is 0.0965. The van der Waals surface area contributed by atoms with Gasteiger partial charge in [0.25, 0.3) is 0 Å². The summed E-state index contributed by atoms with van der Waals surface area (Å²) in [5.41, 5.74) is 4.16. The molecule has 4 rings (SSSR count). The highest BCUT2D eigenvalue weighted by molar-refractivity contribution is 5.88. The number of amides is 1. The predicted octanol–water partition coefficient (Wildman–Crippen LogP) is 3.55. The molecule has 4 aromatic rings. The van der Waals surface area contributed by atoms with Gasteiger partial charge in [-0.25, -0.2) is 4.68 Å². The molecule has 0 saturated heterocycles. The molecular formula is C21H20N4O. The van der Waals surface area contributed by atoms with Crippen molar-refractivity contribution in [1.82, 2.24) is 19.7 Å². The van der Waals surface area contributed by atoms with E-state index in [-0.39, 0.29) is 5.91 Å². The maximum absolute atomic E-state index is 12.7. The molecule has 0 aliphatic carbocycles. The molecule has 1 amide bonds. The van der Waals surface area contributed by atoms with E-state index in [2.05, 4.69) is 16.1 Å². The third-order valence-corrected chi connectivity index (χ3v) is 4.54. The van der Waals surface area contributed by atoms with Gasteiger partial charge in [0.15, 0.2) is 0 Å². The second-order valence-electron chi connectivity index (χ2n) is 6.41. The first-order valence-corrected chi connectivity index (χ1v) is 8.58. The first-order chi connectivity index (χ1) is 12.7. The topological polar surface area (TPSA) is 53.9 Å². The molecule has 0 radical (unpaired) electrons. The average Bonchev–Trinajstić information content (AvgIpc) is 3.32. The molecule has 0 saturated carbocycles. The zero-order chi connectivity index (χ0) is 17.9. The molecule has 0 bridgehead atoms. The minimum Gasteiger partial charge on any atom is -0.361 e. The van der Waals surface area contributed by atoms with E-state index >= 15 is 0 Å². The van der Waals surface area contributed by atoms with Gasteiger partial charge < -0.3 is 9.88 Å². The Labute approximate surface area is 151 Å². The molecule has 2 aromatic carbocycles. The zero-order valence-electron chi connectivity index (χ0n) is 14.6. The summed E-state index contributed by atoms with van der Waals surface area (Å²) < 4.78 is 1.82. The van der Waals surface area contributed by atoms with Crippen LogP contribution >= 0.6 is 0 Å². The number of aromatic amines is 1. The molecule has 2 heterocycles. The van der Waals surface area contributed by atoms with Crippen molar-refractivity contribution in [1.29, 1.82) is 0 Å². The van der Waals surface area contributed by atoms with Crippen molar-refractivity contribution in [3.05, 3.63) is 84.3 Å². The van der Waals surface area contributed by atoms with Gasteiger partial charge in [0.1, 0.15) is 0 Å². The Bertz CT molecular complexity index is 1030.